The Morgan fingerprint density at radius 1 is 1.23 bits per heavy atom. The maximum atomic E-state index is 13.0. The molecule has 4 nitrogen and oxygen atoms in total. The van der Waals surface area contributed by atoms with E-state index in [-0.39, 0.29) is 11.8 Å². The van der Waals surface area contributed by atoms with E-state index in [0.717, 1.165) is 23.6 Å². The molecule has 1 amide bonds. The Morgan fingerprint density at radius 2 is 2.00 bits per heavy atom. The highest BCUT2D eigenvalue weighted by molar-refractivity contribution is 6.31. The van der Waals surface area contributed by atoms with Crippen molar-refractivity contribution in [3.63, 3.8) is 0 Å². The highest BCUT2D eigenvalue weighted by atomic mass is 35.5. The number of amides is 1. The summed E-state index contributed by atoms with van der Waals surface area (Å²) in [6.45, 7) is 2.75. The van der Waals surface area contributed by atoms with Crippen molar-refractivity contribution < 1.29 is 9.53 Å². The number of hydrogen-bond donors (Lipinski definition) is 1. The number of nitrogens with one attached hydrogen (secondary N) is 1. The number of carbonyl (C=O) groups is 1. The number of fused-ring (bicyclic) bond motifs is 1. The third-order valence-corrected chi connectivity index (χ3v) is 6.29. The second kappa shape index (κ2) is 8.01. The maximum Gasteiger partial charge on any atom is 0.223 e. The van der Waals surface area contributed by atoms with E-state index in [1.165, 1.54) is 43.1 Å². The van der Waals surface area contributed by atoms with Gasteiger partial charge in [-0.15, -0.1) is 0 Å². The summed E-state index contributed by atoms with van der Waals surface area (Å²) in [7, 11) is 0. The van der Waals surface area contributed by atoms with Gasteiger partial charge < -0.3 is 14.6 Å². The Morgan fingerprint density at radius 3 is 2.77 bits per heavy atom. The van der Waals surface area contributed by atoms with Crippen molar-refractivity contribution in [2.75, 3.05) is 26.3 Å². The van der Waals surface area contributed by atoms with Gasteiger partial charge in [-0.05, 0) is 48.4 Å². The first kappa shape index (κ1) is 17.9. The molecule has 140 valence electrons. The minimum atomic E-state index is 0.262. The average molecular weight is 375 g/mol. The first-order valence-corrected chi connectivity index (χ1v) is 10.2. The normalized spacial score (nSPS) is 20.4. The van der Waals surface area contributed by atoms with Crippen molar-refractivity contribution >= 4 is 28.4 Å². The third-order valence-electron chi connectivity index (χ3n) is 6.05. The van der Waals surface area contributed by atoms with Gasteiger partial charge in [0.05, 0.1) is 13.2 Å². The van der Waals surface area contributed by atoms with Crippen molar-refractivity contribution in [2.45, 2.75) is 44.4 Å². The fourth-order valence-corrected chi connectivity index (χ4v) is 4.79. The van der Waals surface area contributed by atoms with Crippen LogP contribution in [-0.2, 0) is 9.53 Å². The number of H-pyrrole nitrogens is 1. The van der Waals surface area contributed by atoms with E-state index in [9.17, 15) is 4.79 Å². The van der Waals surface area contributed by atoms with Gasteiger partial charge in [-0.2, -0.15) is 0 Å². The molecule has 1 aromatic heterocycles. The molecule has 1 aliphatic heterocycles. The Labute approximate surface area is 159 Å². The molecule has 0 bridgehead atoms. The number of aromatic amines is 1. The van der Waals surface area contributed by atoms with Crippen LogP contribution in [0.15, 0.2) is 24.4 Å². The zero-order valence-electron chi connectivity index (χ0n) is 15.2. The molecule has 2 aromatic rings. The molecule has 5 heteroatoms. The molecule has 2 fully saturated rings. The van der Waals surface area contributed by atoms with E-state index in [1.807, 2.05) is 23.1 Å². The van der Waals surface area contributed by atoms with E-state index in [2.05, 4.69) is 11.2 Å². The molecule has 1 aromatic carbocycles. The number of halogens is 1. The van der Waals surface area contributed by atoms with Crippen molar-refractivity contribution in [1.82, 2.24) is 9.88 Å². The molecule has 1 aliphatic carbocycles. The van der Waals surface area contributed by atoms with Gasteiger partial charge >= 0.3 is 0 Å². The lowest BCUT2D eigenvalue weighted by molar-refractivity contribution is -0.136. The van der Waals surface area contributed by atoms with Crippen LogP contribution in [0.1, 0.15) is 50.0 Å². The lowest BCUT2D eigenvalue weighted by atomic mass is 9.75. The standard InChI is InChI=1S/C21H27ClN2O2/c22-16-6-7-20-18(12-16)19(14-23-20)17(15-4-2-1-3-5-15)13-21(25)24-8-10-26-11-9-24/h6-7,12,14-15,17,23H,1-5,8-11,13H2. The zero-order valence-corrected chi connectivity index (χ0v) is 15.9. The van der Waals surface area contributed by atoms with E-state index in [4.69, 9.17) is 16.3 Å². The van der Waals surface area contributed by atoms with Crippen LogP contribution in [0.5, 0.6) is 0 Å². The predicted molar refractivity (Wildman–Crippen MR) is 105 cm³/mol. The number of benzene rings is 1. The molecule has 1 unspecified atom stereocenters. The van der Waals surface area contributed by atoms with E-state index in [1.54, 1.807) is 0 Å². The van der Waals surface area contributed by atoms with Crippen molar-refractivity contribution in [2.24, 2.45) is 5.92 Å². The van der Waals surface area contributed by atoms with Gasteiger partial charge in [0.25, 0.3) is 0 Å². The molecule has 0 spiro atoms. The van der Waals surface area contributed by atoms with Crippen LogP contribution in [0.3, 0.4) is 0 Å². The SMILES string of the molecule is O=C(CC(c1c[nH]c2ccc(Cl)cc12)C1CCCCC1)N1CCOCC1. The number of aromatic nitrogens is 1. The van der Waals surface area contributed by atoms with Gasteiger partial charge in [-0.25, -0.2) is 0 Å². The van der Waals surface area contributed by atoms with E-state index < -0.39 is 0 Å². The molecule has 1 saturated heterocycles. The molecular weight excluding hydrogens is 348 g/mol. The summed E-state index contributed by atoms with van der Waals surface area (Å²) >= 11 is 6.26. The number of ether oxygens (including phenoxy) is 1. The van der Waals surface area contributed by atoms with Crippen molar-refractivity contribution in [3.8, 4) is 0 Å². The monoisotopic (exact) mass is 374 g/mol. The van der Waals surface area contributed by atoms with Gasteiger partial charge in [-0.1, -0.05) is 30.9 Å². The van der Waals surface area contributed by atoms with Crippen LogP contribution >= 0.6 is 11.6 Å². The average Bonchev–Trinajstić information content (AvgIpc) is 3.10. The summed E-state index contributed by atoms with van der Waals surface area (Å²) in [4.78, 5) is 18.3. The van der Waals surface area contributed by atoms with Crippen LogP contribution in [0.4, 0.5) is 0 Å². The fourth-order valence-electron chi connectivity index (χ4n) is 4.62. The fraction of sp³-hybridized carbons (Fsp3) is 0.571. The summed E-state index contributed by atoms with van der Waals surface area (Å²) in [5.74, 6) is 1.10. The number of hydrogen-bond acceptors (Lipinski definition) is 2. The summed E-state index contributed by atoms with van der Waals surface area (Å²) in [6, 6.07) is 5.99. The number of morpholine rings is 1. The Balaban J connectivity index is 1.63. The number of rotatable bonds is 4. The molecule has 2 heterocycles. The number of carbonyl (C=O) groups excluding carboxylic acids is 1. The predicted octanol–water partition coefficient (Wildman–Crippen LogP) is 4.73. The molecule has 4 rings (SSSR count). The minimum absolute atomic E-state index is 0.262. The number of nitrogens with zero attached hydrogens (tertiary/aromatic N) is 1. The molecule has 1 atom stereocenters. The topological polar surface area (TPSA) is 45.3 Å². The summed E-state index contributed by atoms with van der Waals surface area (Å²) in [5.41, 5.74) is 2.36. The lowest BCUT2D eigenvalue weighted by Gasteiger charge is -2.33. The molecule has 2 aliphatic rings. The van der Waals surface area contributed by atoms with Gasteiger partial charge in [0.2, 0.25) is 5.91 Å². The zero-order chi connectivity index (χ0) is 17.9. The Hall–Kier alpha value is -1.52. The van der Waals surface area contributed by atoms with Crippen LogP contribution in [0.25, 0.3) is 10.9 Å². The molecule has 1 saturated carbocycles. The maximum absolute atomic E-state index is 13.0. The minimum Gasteiger partial charge on any atom is -0.378 e. The Kier molecular flexibility index (Phi) is 5.51. The van der Waals surface area contributed by atoms with Crippen LogP contribution in [-0.4, -0.2) is 42.1 Å². The molecule has 1 N–H and O–H groups in total. The van der Waals surface area contributed by atoms with Crippen molar-refractivity contribution in [3.05, 3.63) is 35.0 Å². The van der Waals surface area contributed by atoms with Crippen LogP contribution < -0.4 is 0 Å². The summed E-state index contributed by atoms with van der Waals surface area (Å²) < 4.78 is 5.40. The molecule has 0 radical (unpaired) electrons. The quantitative estimate of drug-likeness (QED) is 0.840. The second-order valence-electron chi connectivity index (χ2n) is 7.64. The molecule has 26 heavy (non-hydrogen) atoms. The molecular formula is C21H27ClN2O2. The highest BCUT2D eigenvalue weighted by Crippen LogP contribution is 2.41. The van der Waals surface area contributed by atoms with Gasteiger partial charge in [0, 0.05) is 41.6 Å². The van der Waals surface area contributed by atoms with Gasteiger partial charge in [-0.3, -0.25) is 4.79 Å². The largest absolute Gasteiger partial charge is 0.378 e. The summed E-state index contributed by atoms with van der Waals surface area (Å²) in [5, 5.41) is 1.92. The second-order valence-corrected chi connectivity index (χ2v) is 8.07. The van der Waals surface area contributed by atoms with Crippen molar-refractivity contribution in [1.29, 1.82) is 0 Å². The summed E-state index contributed by atoms with van der Waals surface area (Å²) in [6.07, 6.45) is 8.99. The first-order valence-electron chi connectivity index (χ1n) is 9.84. The highest BCUT2D eigenvalue weighted by Gasteiger charge is 2.31. The van der Waals surface area contributed by atoms with E-state index >= 15 is 0 Å². The van der Waals surface area contributed by atoms with Gasteiger partial charge in [0.15, 0.2) is 0 Å². The smallest absolute Gasteiger partial charge is 0.223 e. The third kappa shape index (κ3) is 3.77. The van der Waals surface area contributed by atoms with Crippen LogP contribution in [0.2, 0.25) is 5.02 Å². The van der Waals surface area contributed by atoms with Crippen LogP contribution in [0, 0.1) is 5.92 Å². The first-order chi connectivity index (χ1) is 12.7. The lowest BCUT2D eigenvalue weighted by Crippen LogP contribution is -2.41. The Bertz CT molecular complexity index is 760. The van der Waals surface area contributed by atoms with Gasteiger partial charge in [0.1, 0.15) is 0 Å². The van der Waals surface area contributed by atoms with E-state index in [0.29, 0.717) is 25.6 Å².